The zero-order valence-electron chi connectivity index (χ0n) is 12.5. The Labute approximate surface area is 116 Å². The average molecular weight is 274 g/mol. The van der Waals surface area contributed by atoms with Crippen LogP contribution in [0.5, 0.6) is 0 Å². The first-order valence-electron chi connectivity index (χ1n) is 7.14. The van der Waals surface area contributed by atoms with Crippen molar-refractivity contribution in [1.82, 2.24) is 5.32 Å². The number of hydrogen-bond donors (Lipinski definition) is 3. The Bertz CT molecular complexity index is 229. The molecule has 4 N–H and O–H groups in total. The molecule has 0 rings (SSSR count). The number of carbonyl (C=O) groups is 1. The van der Waals surface area contributed by atoms with E-state index in [9.17, 15) is 4.79 Å². The summed E-state index contributed by atoms with van der Waals surface area (Å²) in [5.41, 5.74) is 5.59. The lowest BCUT2D eigenvalue weighted by Crippen LogP contribution is -2.38. The molecule has 0 aromatic heterocycles. The van der Waals surface area contributed by atoms with E-state index in [0.29, 0.717) is 37.8 Å². The smallest absolute Gasteiger partial charge is 0.220 e. The molecule has 0 aliphatic rings. The third kappa shape index (κ3) is 8.97. The van der Waals surface area contributed by atoms with E-state index in [1.54, 1.807) is 7.11 Å². The quantitative estimate of drug-likeness (QED) is 0.522. The Balaban J connectivity index is 4.06. The van der Waals surface area contributed by atoms with E-state index in [2.05, 4.69) is 19.2 Å². The highest BCUT2D eigenvalue weighted by Crippen LogP contribution is 2.20. The fourth-order valence-electron chi connectivity index (χ4n) is 2.20. The minimum Gasteiger partial charge on any atom is -0.396 e. The number of nitrogens with two attached hydrogens (primary N) is 1. The van der Waals surface area contributed by atoms with Crippen LogP contribution in [0.3, 0.4) is 0 Å². The highest BCUT2D eigenvalue weighted by Gasteiger charge is 2.16. The Morgan fingerprint density at radius 2 is 2.00 bits per heavy atom. The van der Waals surface area contributed by atoms with Gasteiger partial charge in [0.15, 0.2) is 0 Å². The topological polar surface area (TPSA) is 84.6 Å². The van der Waals surface area contributed by atoms with Gasteiger partial charge in [-0.15, -0.1) is 0 Å². The van der Waals surface area contributed by atoms with Crippen molar-refractivity contribution in [3.8, 4) is 0 Å². The van der Waals surface area contributed by atoms with Crippen LogP contribution in [0.4, 0.5) is 0 Å². The molecule has 0 saturated carbocycles. The molecule has 19 heavy (non-hydrogen) atoms. The van der Waals surface area contributed by atoms with Gasteiger partial charge in [-0.05, 0) is 37.6 Å². The second-order valence-corrected chi connectivity index (χ2v) is 5.35. The molecule has 114 valence electrons. The molecular weight excluding hydrogens is 244 g/mol. The number of ether oxygens (including phenoxy) is 1. The van der Waals surface area contributed by atoms with Crippen molar-refractivity contribution in [2.75, 3.05) is 26.9 Å². The molecule has 0 fully saturated rings. The molecule has 0 saturated heterocycles. The second-order valence-electron chi connectivity index (χ2n) is 5.35. The molecule has 0 aromatic carbocycles. The SMILES string of the molecule is COCC(CCO)NC(=O)CCC(CCN)C(C)C. The number of hydrogen-bond acceptors (Lipinski definition) is 4. The average Bonchev–Trinajstić information content (AvgIpc) is 2.34. The Morgan fingerprint density at radius 3 is 2.47 bits per heavy atom. The van der Waals surface area contributed by atoms with Crippen molar-refractivity contribution in [1.29, 1.82) is 0 Å². The van der Waals surface area contributed by atoms with Crippen LogP contribution in [-0.2, 0) is 9.53 Å². The van der Waals surface area contributed by atoms with Gasteiger partial charge in [0.05, 0.1) is 12.6 Å². The predicted molar refractivity (Wildman–Crippen MR) is 76.7 cm³/mol. The van der Waals surface area contributed by atoms with Gasteiger partial charge in [0.2, 0.25) is 5.91 Å². The van der Waals surface area contributed by atoms with Crippen molar-refractivity contribution in [2.24, 2.45) is 17.6 Å². The number of rotatable bonds is 11. The van der Waals surface area contributed by atoms with Crippen molar-refractivity contribution in [2.45, 2.75) is 45.6 Å². The highest BCUT2D eigenvalue weighted by atomic mass is 16.5. The van der Waals surface area contributed by atoms with E-state index in [0.717, 1.165) is 12.8 Å². The Morgan fingerprint density at radius 1 is 1.32 bits per heavy atom. The lowest BCUT2D eigenvalue weighted by Gasteiger charge is -2.21. The fourth-order valence-corrected chi connectivity index (χ4v) is 2.20. The first kappa shape index (κ1) is 18.4. The van der Waals surface area contributed by atoms with Gasteiger partial charge in [-0.1, -0.05) is 13.8 Å². The minimum atomic E-state index is -0.102. The van der Waals surface area contributed by atoms with E-state index < -0.39 is 0 Å². The Hall–Kier alpha value is -0.650. The van der Waals surface area contributed by atoms with Gasteiger partial charge in [0.1, 0.15) is 0 Å². The van der Waals surface area contributed by atoms with Crippen LogP contribution in [0.15, 0.2) is 0 Å². The van der Waals surface area contributed by atoms with Crippen molar-refractivity contribution in [3.05, 3.63) is 0 Å². The van der Waals surface area contributed by atoms with Gasteiger partial charge in [-0.2, -0.15) is 0 Å². The van der Waals surface area contributed by atoms with Crippen LogP contribution in [0.25, 0.3) is 0 Å². The summed E-state index contributed by atoms with van der Waals surface area (Å²) in [5, 5.41) is 11.8. The summed E-state index contributed by atoms with van der Waals surface area (Å²) >= 11 is 0. The molecule has 0 heterocycles. The van der Waals surface area contributed by atoms with Crippen LogP contribution < -0.4 is 11.1 Å². The monoisotopic (exact) mass is 274 g/mol. The molecule has 2 atom stereocenters. The van der Waals surface area contributed by atoms with Crippen LogP contribution >= 0.6 is 0 Å². The number of carbonyl (C=O) groups excluding carboxylic acids is 1. The second kappa shape index (κ2) is 11.2. The van der Waals surface area contributed by atoms with Crippen molar-refractivity contribution >= 4 is 5.91 Å². The van der Waals surface area contributed by atoms with Gasteiger partial charge in [-0.25, -0.2) is 0 Å². The van der Waals surface area contributed by atoms with E-state index in [1.165, 1.54) is 0 Å². The third-order valence-corrected chi connectivity index (χ3v) is 3.43. The first-order valence-corrected chi connectivity index (χ1v) is 7.14. The van der Waals surface area contributed by atoms with E-state index in [-0.39, 0.29) is 18.6 Å². The number of amides is 1. The lowest BCUT2D eigenvalue weighted by atomic mass is 9.88. The van der Waals surface area contributed by atoms with Crippen LogP contribution in [0.1, 0.15) is 39.5 Å². The molecule has 0 aliphatic carbocycles. The molecule has 0 spiro atoms. The summed E-state index contributed by atoms with van der Waals surface area (Å²) in [6.45, 7) is 5.48. The number of aliphatic hydroxyl groups is 1. The molecule has 5 nitrogen and oxygen atoms in total. The molecule has 0 aromatic rings. The van der Waals surface area contributed by atoms with Crippen molar-refractivity contribution < 1.29 is 14.6 Å². The Kier molecular flexibility index (Phi) is 10.8. The van der Waals surface area contributed by atoms with Gasteiger partial charge < -0.3 is 20.9 Å². The first-order chi connectivity index (χ1) is 9.04. The predicted octanol–water partition coefficient (Wildman–Crippen LogP) is 0.901. The van der Waals surface area contributed by atoms with Gasteiger partial charge in [0.25, 0.3) is 0 Å². The molecular formula is C14H30N2O3. The zero-order valence-corrected chi connectivity index (χ0v) is 12.5. The molecule has 0 radical (unpaired) electrons. The zero-order chi connectivity index (χ0) is 14.7. The molecule has 0 aliphatic heterocycles. The largest absolute Gasteiger partial charge is 0.396 e. The van der Waals surface area contributed by atoms with E-state index in [1.807, 2.05) is 0 Å². The summed E-state index contributed by atoms with van der Waals surface area (Å²) in [6, 6.07) is -0.102. The maximum absolute atomic E-state index is 11.9. The maximum Gasteiger partial charge on any atom is 0.220 e. The maximum atomic E-state index is 11.9. The molecule has 0 bridgehead atoms. The summed E-state index contributed by atoms with van der Waals surface area (Å²) in [5.74, 6) is 1.07. The standard InChI is InChI=1S/C14H30N2O3/c1-11(2)12(6-8-15)4-5-14(18)16-13(7-9-17)10-19-3/h11-13,17H,4-10,15H2,1-3H3,(H,16,18). The summed E-state index contributed by atoms with van der Waals surface area (Å²) in [7, 11) is 1.59. The number of nitrogens with one attached hydrogen (secondary N) is 1. The van der Waals surface area contributed by atoms with Gasteiger partial charge >= 0.3 is 0 Å². The van der Waals surface area contributed by atoms with Crippen molar-refractivity contribution in [3.63, 3.8) is 0 Å². The summed E-state index contributed by atoms with van der Waals surface area (Å²) in [4.78, 5) is 11.9. The van der Waals surface area contributed by atoms with Crippen LogP contribution in [0, 0.1) is 11.8 Å². The molecule has 1 amide bonds. The van der Waals surface area contributed by atoms with E-state index >= 15 is 0 Å². The normalized spacial score (nSPS) is 14.4. The number of aliphatic hydroxyl groups excluding tert-OH is 1. The van der Waals surface area contributed by atoms with Crippen LogP contribution in [0.2, 0.25) is 0 Å². The third-order valence-electron chi connectivity index (χ3n) is 3.43. The molecule has 2 unspecified atom stereocenters. The van der Waals surface area contributed by atoms with E-state index in [4.69, 9.17) is 15.6 Å². The summed E-state index contributed by atoms with van der Waals surface area (Å²) < 4.78 is 5.02. The summed E-state index contributed by atoms with van der Waals surface area (Å²) in [6.07, 6.45) is 2.85. The van der Waals surface area contributed by atoms with Crippen LogP contribution in [-0.4, -0.2) is 43.9 Å². The van der Waals surface area contributed by atoms with Gasteiger partial charge in [0, 0.05) is 20.1 Å². The lowest BCUT2D eigenvalue weighted by molar-refractivity contribution is -0.122. The minimum absolute atomic E-state index is 0.0261. The number of methoxy groups -OCH3 is 1. The highest BCUT2D eigenvalue weighted by molar-refractivity contribution is 5.76. The van der Waals surface area contributed by atoms with Gasteiger partial charge in [-0.3, -0.25) is 4.79 Å². The molecule has 5 heteroatoms. The fraction of sp³-hybridized carbons (Fsp3) is 0.929.